The fourth-order valence-electron chi connectivity index (χ4n) is 3.36. The van der Waals surface area contributed by atoms with Crippen LogP contribution in [0.5, 0.6) is 0 Å². The molecule has 30 heavy (non-hydrogen) atoms. The molecule has 0 atom stereocenters. The zero-order chi connectivity index (χ0) is 21.4. The Hall–Kier alpha value is -4.40. The largest absolute Gasteiger partial charge is 0.457 e. The molecule has 0 bridgehead atoms. The Labute approximate surface area is 168 Å². The van der Waals surface area contributed by atoms with E-state index in [-0.39, 0.29) is 34.5 Å². The summed E-state index contributed by atoms with van der Waals surface area (Å²) >= 11 is 0. The molecule has 3 aromatic rings. The average molecular weight is 404 g/mol. The van der Waals surface area contributed by atoms with E-state index in [4.69, 9.17) is 4.74 Å². The van der Waals surface area contributed by atoms with Crippen LogP contribution >= 0.6 is 0 Å². The maximum atomic E-state index is 12.8. The van der Waals surface area contributed by atoms with E-state index in [9.17, 15) is 29.8 Å². The number of non-ortho nitro benzene ring substituents is 2. The SMILES string of the molecule is O=C(OCc1ccccc1)c1cc([N+](=O)[O-])cc2c1-c1ccc([N+](=O)[O-])cc1C2=O. The Morgan fingerprint density at radius 3 is 2.17 bits per heavy atom. The lowest BCUT2D eigenvalue weighted by molar-refractivity contribution is -0.385. The summed E-state index contributed by atoms with van der Waals surface area (Å²) < 4.78 is 5.31. The summed E-state index contributed by atoms with van der Waals surface area (Å²) in [6.07, 6.45) is 0. The van der Waals surface area contributed by atoms with Gasteiger partial charge in [0.25, 0.3) is 11.4 Å². The summed E-state index contributed by atoms with van der Waals surface area (Å²) in [4.78, 5) is 46.6. The molecule has 0 saturated carbocycles. The van der Waals surface area contributed by atoms with E-state index in [1.165, 1.54) is 12.1 Å². The number of carbonyl (C=O) groups is 2. The zero-order valence-corrected chi connectivity index (χ0v) is 15.2. The van der Waals surface area contributed by atoms with Crippen LogP contribution in [0.25, 0.3) is 11.1 Å². The van der Waals surface area contributed by atoms with Gasteiger partial charge in [-0.05, 0) is 17.2 Å². The molecule has 0 unspecified atom stereocenters. The first-order valence-electron chi connectivity index (χ1n) is 8.74. The van der Waals surface area contributed by atoms with Gasteiger partial charge in [-0.3, -0.25) is 25.0 Å². The number of hydrogen-bond donors (Lipinski definition) is 0. The van der Waals surface area contributed by atoms with Crippen molar-refractivity contribution in [3.05, 3.63) is 103 Å². The molecule has 0 aliphatic heterocycles. The molecular weight excluding hydrogens is 392 g/mol. The first-order chi connectivity index (χ1) is 14.4. The molecule has 148 valence electrons. The number of nitro benzene ring substituents is 2. The summed E-state index contributed by atoms with van der Waals surface area (Å²) in [7, 11) is 0. The molecule has 0 radical (unpaired) electrons. The number of hydrogen-bond acceptors (Lipinski definition) is 7. The Kier molecular flexibility index (Phi) is 4.55. The first-order valence-corrected chi connectivity index (χ1v) is 8.74. The van der Waals surface area contributed by atoms with Crippen LogP contribution in [0.15, 0.2) is 60.7 Å². The van der Waals surface area contributed by atoms with E-state index in [1.807, 2.05) is 0 Å². The highest BCUT2D eigenvalue weighted by atomic mass is 16.6. The summed E-state index contributed by atoms with van der Waals surface area (Å²) in [6, 6.07) is 14.6. The minimum atomic E-state index is -0.835. The molecule has 1 aliphatic rings. The standard InChI is InChI=1S/C21H12N2O7/c24-20-16-8-13(22(26)27)6-7-15(16)19-17(20)9-14(23(28)29)10-18(19)21(25)30-11-12-4-2-1-3-5-12/h1-10H,11H2. The van der Waals surface area contributed by atoms with Crippen LogP contribution in [0.2, 0.25) is 0 Å². The molecule has 0 amide bonds. The Morgan fingerprint density at radius 1 is 0.833 bits per heavy atom. The fourth-order valence-corrected chi connectivity index (χ4v) is 3.36. The summed E-state index contributed by atoms with van der Waals surface area (Å²) in [5.41, 5.74) is 0.253. The van der Waals surface area contributed by atoms with E-state index < -0.39 is 27.3 Å². The van der Waals surface area contributed by atoms with Crippen molar-refractivity contribution in [2.75, 3.05) is 0 Å². The lowest BCUT2D eigenvalue weighted by Gasteiger charge is -2.10. The summed E-state index contributed by atoms with van der Waals surface area (Å²) in [6.45, 7) is -0.0573. The zero-order valence-electron chi connectivity index (χ0n) is 15.2. The molecule has 0 saturated heterocycles. The third-order valence-electron chi connectivity index (χ3n) is 4.74. The van der Waals surface area contributed by atoms with Gasteiger partial charge in [-0.25, -0.2) is 4.79 Å². The summed E-state index contributed by atoms with van der Waals surface area (Å²) in [5.74, 6) is -1.46. The Morgan fingerprint density at radius 2 is 1.50 bits per heavy atom. The van der Waals surface area contributed by atoms with Crippen molar-refractivity contribution in [3.8, 4) is 11.1 Å². The van der Waals surface area contributed by atoms with Crippen molar-refractivity contribution < 1.29 is 24.2 Å². The maximum absolute atomic E-state index is 12.8. The van der Waals surface area contributed by atoms with Gasteiger partial charge in [0.1, 0.15) is 6.61 Å². The lowest BCUT2D eigenvalue weighted by atomic mass is 9.98. The normalized spacial score (nSPS) is 11.5. The van der Waals surface area contributed by atoms with Crippen molar-refractivity contribution in [3.63, 3.8) is 0 Å². The number of esters is 1. The number of nitrogens with zero attached hydrogens (tertiary/aromatic N) is 2. The topological polar surface area (TPSA) is 130 Å². The van der Waals surface area contributed by atoms with Crippen LogP contribution in [-0.2, 0) is 11.3 Å². The third-order valence-corrected chi connectivity index (χ3v) is 4.74. The van der Waals surface area contributed by atoms with Crippen molar-refractivity contribution in [1.29, 1.82) is 0 Å². The molecule has 0 fully saturated rings. The molecule has 9 nitrogen and oxygen atoms in total. The number of nitro groups is 2. The van der Waals surface area contributed by atoms with Gasteiger partial charge in [0, 0.05) is 41.0 Å². The predicted molar refractivity (Wildman–Crippen MR) is 104 cm³/mol. The number of benzene rings is 3. The average Bonchev–Trinajstić information content (AvgIpc) is 3.03. The molecular formula is C21H12N2O7. The minimum Gasteiger partial charge on any atom is -0.457 e. The fraction of sp³-hybridized carbons (Fsp3) is 0.0476. The van der Waals surface area contributed by atoms with Crippen molar-refractivity contribution in [1.82, 2.24) is 0 Å². The first kappa shape index (κ1) is 18.9. The van der Waals surface area contributed by atoms with Crippen molar-refractivity contribution >= 4 is 23.1 Å². The monoisotopic (exact) mass is 404 g/mol. The summed E-state index contributed by atoms with van der Waals surface area (Å²) in [5, 5.41) is 22.4. The Balaban J connectivity index is 1.81. The van der Waals surface area contributed by atoms with Gasteiger partial charge >= 0.3 is 5.97 Å². The number of rotatable bonds is 5. The quantitative estimate of drug-likeness (QED) is 0.278. The van der Waals surface area contributed by atoms with Gasteiger partial charge in [0.05, 0.1) is 15.4 Å². The van der Waals surface area contributed by atoms with Gasteiger partial charge in [0.2, 0.25) is 0 Å². The molecule has 0 aromatic heterocycles. The highest BCUT2D eigenvalue weighted by Crippen LogP contribution is 2.42. The van der Waals surface area contributed by atoms with Crippen LogP contribution in [0.1, 0.15) is 31.8 Å². The van der Waals surface area contributed by atoms with Gasteiger partial charge in [0.15, 0.2) is 5.78 Å². The molecule has 3 aromatic carbocycles. The van der Waals surface area contributed by atoms with Crippen LogP contribution in [0, 0.1) is 20.2 Å². The van der Waals surface area contributed by atoms with Crippen molar-refractivity contribution in [2.24, 2.45) is 0 Å². The van der Waals surface area contributed by atoms with Gasteiger partial charge in [-0.1, -0.05) is 30.3 Å². The lowest BCUT2D eigenvalue weighted by Crippen LogP contribution is -2.09. The highest BCUT2D eigenvalue weighted by Gasteiger charge is 2.35. The third kappa shape index (κ3) is 3.18. The van der Waals surface area contributed by atoms with Crippen molar-refractivity contribution in [2.45, 2.75) is 6.61 Å². The molecule has 0 heterocycles. The second-order valence-corrected chi connectivity index (χ2v) is 6.55. The number of ether oxygens (including phenoxy) is 1. The van der Waals surface area contributed by atoms with Crippen LogP contribution < -0.4 is 0 Å². The van der Waals surface area contributed by atoms with E-state index in [1.54, 1.807) is 30.3 Å². The van der Waals surface area contributed by atoms with Crippen LogP contribution in [-0.4, -0.2) is 21.6 Å². The van der Waals surface area contributed by atoms with E-state index in [2.05, 4.69) is 0 Å². The van der Waals surface area contributed by atoms with E-state index >= 15 is 0 Å². The number of carbonyl (C=O) groups excluding carboxylic acids is 2. The molecule has 0 N–H and O–H groups in total. The number of ketones is 1. The highest BCUT2D eigenvalue weighted by molar-refractivity contribution is 6.24. The van der Waals surface area contributed by atoms with Gasteiger partial charge in [-0.15, -0.1) is 0 Å². The molecule has 4 rings (SSSR count). The van der Waals surface area contributed by atoms with Gasteiger partial charge < -0.3 is 4.74 Å². The van der Waals surface area contributed by atoms with E-state index in [0.29, 0.717) is 5.56 Å². The smallest absolute Gasteiger partial charge is 0.339 e. The molecule has 1 aliphatic carbocycles. The van der Waals surface area contributed by atoms with Crippen LogP contribution in [0.4, 0.5) is 11.4 Å². The van der Waals surface area contributed by atoms with E-state index in [0.717, 1.165) is 23.8 Å². The van der Waals surface area contributed by atoms with Crippen LogP contribution in [0.3, 0.4) is 0 Å². The number of fused-ring (bicyclic) bond motifs is 3. The van der Waals surface area contributed by atoms with Gasteiger partial charge in [-0.2, -0.15) is 0 Å². The predicted octanol–water partition coefficient (Wildman–Crippen LogP) is 4.07. The second kappa shape index (κ2) is 7.21. The Bertz CT molecular complexity index is 1240. The second-order valence-electron chi connectivity index (χ2n) is 6.55. The maximum Gasteiger partial charge on any atom is 0.339 e. The molecule has 9 heteroatoms. The minimum absolute atomic E-state index is 0.0109. The molecule has 0 spiro atoms.